The van der Waals surface area contributed by atoms with Crippen molar-refractivity contribution in [3.05, 3.63) is 72.8 Å². The van der Waals surface area contributed by atoms with Crippen LogP contribution < -0.4 is 10.1 Å². The molecule has 1 N–H and O–H groups in total. The first-order valence-electron chi connectivity index (χ1n) is 10.5. The number of hydrogen-bond donors (Lipinski definition) is 1. The molecule has 3 aromatic carbocycles. The van der Waals surface area contributed by atoms with Gasteiger partial charge in [0.25, 0.3) is 0 Å². The summed E-state index contributed by atoms with van der Waals surface area (Å²) in [6, 6.07) is 23.4. The van der Waals surface area contributed by atoms with Crippen molar-refractivity contribution in [1.29, 1.82) is 0 Å². The number of hydrogen-bond acceptors (Lipinski definition) is 5. The lowest BCUT2D eigenvalue weighted by molar-refractivity contribution is -0.115. The first kappa shape index (κ1) is 20.3. The molecule has 0 unspecified atom stereocenters. The molecule has 7 heteroatoms. The number of methoxy groups -OCH3 is 1. The molecular formula is C25H22N4O2S. The third-order valence-corrected chi connectivity index (χ3v) is 6.68. The first-order valence-corrected chi connectivity index (χ1v) is 11.3. The second kappa shape index (κ2) is 8.51. The van der Waals surface area contributed by atoms with Crippen LogP contribution in [-0.2, 0) is 4.79 Å². The molecule has 0 aliphatic rings. The molecule has 0 radical (unpaired) electrons. The maximum Gasteiger partial charge on any atom is 0.237 e. The summed E-state index contributed by atoms with van der Waals surface area (Å²) in [6.45, 7) is 2.01. The van der Waals surface area contributed by atoms with E-state index < -0.39 is 0 Å². The van der Waals surface area contributed by atoms with Crippen LogP contribution in [0.15, 0.2) is 78.0 Å². The van der Waals surface area contributed by atoms with Crippen molar-refractivity contribution in [2.45, 2.75) is 23.8 Å². The topological polar surface area (TPSA) is 68.5 Å². The summed E-state index contributed by atoms with van der Waals surface area (Å²) in [5.74, 6) is 0.629. The van der Waals surface area contributed by atoms with E-state index in [0.717, 1.165) is 32.7 Å². The number of anilines is 1. The van der Waals surface area contributed by atoms with E-state index in [0.29, 0.717) is 17.9 Å². The van der Waals surface area contributed by atoms with Crippen LogP contribution in [0, 0.1) is 0 Å². The van der Waals surface area contributed by atoms with E-state index in [4.69, 9.17) is 14.7 Å². The van der Waals surface area contributed by atoms with Crippen molar-refractivity contribution in [2.75, 3.05) is 12.4 Å². The Hall–Kier alpha value is -3.58. The molecule has 0 aliphatic heterocycles. The van der Waals surface area contributed by atoms with Gasteiger partial charge in [-0.15, -0.1) is 0 Å². The molecule has 0 saturated heterocycles. The van der Waals surface area contributed by atoms with Crippen molar-refractivity contribution in [3.8, 4) is 5.75 Å². The minimum atomic E-state index is -0.320. The molecule has 0 saturated carbocycles. The highest BCUT2D eigenvalue weighted by molar-refractivity contribution is 8.00. The van der Waals surface area contributed by atoms with Crippen LogP contribution >= 0.6 is 11.8 Å². The Bertz CT molecular complexity index is 1450. The van der Waals surface area contributed by atoms with Crippen LogP contribution in [0.5, 0.6) is 5.75 Å². The van der Waals surface area contributed by atoms with Gasteiger partial charge < -0.3 is 10.1 Å². The van der Waals surface area contributed by atoms with Gasteiger partial charge in [0.2, 0.25) is 5.91 Å². The molecule has 32 heavy (non-hydrogen) atoms. The minimum Gasteiger partial charge on any atom is -0.497 e. The summed E-state index contributed by atoms with van der Waals surface area (Å²) in [7, 11) is 1.61. The van der Waals surface area contributed by atoms with Gasteiger partial charge in [-0.1, -0.05) is 49.0 Å². The fraction of sp³-hybridized carbons (Fsp3) is 0.160. The number of thioether (sulfide) groups is 1. The van der Waals surface area contributed by atoms with Crippen LogP contribution in [0.4, 0.5) is 5.69 Å². The lowest BCUT2D eigenvalue weighted by Gasteiger charge is -2.16. The van der Waals surface area contributed by atoms with Crippen LogP contribution in [0.3, 0.4) is 0 Å². The van der Waals surface area contributed by atoms with E-state index in [1.807, 2.05) is 79.7 Å². The lowest BCUT2D eigenvalue weighted by Crippen LogP contribution is -2.25. The fourth-order valence-corrected chi connectivity index (χ4v) is 4.79. The van der Waals surface area contributed by atoms with Crippen LogP contribution in [-0.4, -0.2) is 32.6 Å². The van der Waals surface area contributed by atoms with Gasteiger partial charge in [-0.05, 0) is 42.8 Å². The number of carbonyl (C=O) groups excluding carboxylic acids is 1. The number of benzene rings is 3. The monoisotopic (exact) mass is 442 g/mol. The van der Waals surface area contributed by atoms with Gasteiger partial charge in [-0.25, -0.2) is 9.97 Å². The molecule has 5 rings (SSSR count). The lowest BCUT2D eigenvalue weighted by atomic mass is 10.2. The highest BCUT2D eigenvalue weighted by atomic mass is 32.2. The predicted molar refractivity (Wildman–Crippen MR) is 130 cm³/mol. The van der Waals surface area contributed by atoms with E-state index >= 15 is 0 Å². The summed E-state index contributed by atoms with van der Waals surface area (Å²) in [5.41, 5.74) is 4.30. The fourth-order valence-electron chi connectivity index (χ4n) is 3.77. The molecule has 5 aromatic rings. The summed E-state index contributed by atoms with van der Waals surface area (Å²) in [6.07, 6.45) is 0.656. The van der Waals surface area contributed by atoms with Gasteiger partial charge in [0.15, 0.2) is 5.16 Å². The Morgan fingerprint density at radius 1 is 1.03 bits per heavy atom. The summed E-state index contributed by atoms with van der Waals surface area (Å²) in [4.78, 5) is 22.9. The zero-order chi connectivity index (χ0) is 22.1. The van der Waals surface area contributed by atoms with Gasteiger partial charge in [0.05, 0.1) is 28.9 Å². The molecule has 0 aliphatic carbocycles. The second-order valence-corrected chi connectivity index (χ2v) is 8.58. The van der Waals surface area contributed by atoms with Gasteiger partial charge in [0, 0.05) is 17.1 Å². The standard InChI is InChI=1S/C25H22N4O2S/c1-3-22(24(30)26-16-9-8-10-17(15-16)31-2)32-25-28-19-12-5-4-11-18(19)23-27-20-13-6-7-14-21(20)29(23)25/h4-15,22H,3H2,1-2H3,(H,26,30)/t22-/m0/s1. The summed E-state index contributed by atoms with van der Waals surface area (Å²) >= 11 is 1.46. The SMILES string of the molecule is CC[C@H](Sc1nc2ccccc2c2nc3ccccc3n12)C(=O)Nc1cccc(OC)c1. The number of nitrogens with zero attached hydrogens (tertiary/aromatic N) is 3. The van der Waals surface area contributed by atoms with E-state index in [1.165, 1.54) is 11.8 Å². The number of aromatic nitrogens is 3. The molecule has 0 spiro atoms. The third-order valence-electron chi connectivity index (χ3n) is 5.36. The Kier molecular flexibility index (Phi) is 5.41. The quantitative estimate of drug-likeness (QED) is 0.276. The summed E-state index contributed by atoms with van der Waals surface area (Å²) < 4.78 is 7.32. The van der Waals surface area contributed by atoms with Gasteiger partial charge in [-0.2, -0.15) is 0 Å². The third kappa shape index (κ3) is 3.65. The van der Waals surface area contributed by atoms with Crippen molar-refractivity contribution in [1.82, 2.24) is 14.4 Å². The van der Waals surface area contributed by atoms with Crippen molar-refractivity contribution in [2.24, 2.45) is 0 Å². The predicted octanol–water partition coefficient (Wildman–Crippen LogP) is 5.55. The van der Waals surface area contributed by atoms with Crippen LogP contribution in [0.1, 0.15) is 13.3 Å². The molecule has 2 aromatic heterocycles. The van der Waals surface area contributed by atoms with E-state index in [1.54, 1.807) is 7.11 Å². The molecule has 1 atom stereocenters. The average molecular weight is 443 g/mol. The Morgan fingerprint density at radius 2 is 1.81 bits per heavy atom. The molecule has 160 valence electrons. The number of imidazole rings is 1. The maximum atomic E-state index is 13.1. The van der Waals surface area contributed by atoms with Crippen molar-refractivity contribution >= 4 is 50.9 Å². The van der Waals surface area contributed by atoms with Crippen LogP contribution in [0.2, 0.25) is 0 Å². The zero-order valence-corrected chi connectivity index (χ0v) is 18.6. The molecule has 0 bridgehead atoms. The number of rotatable bonds is 6. The normalized spacial score (nSPS) is 12.3. The second-order valence-electron chi connectivity index (χ2n) is 7.41. The number of nitrogens with one attached hydrogen (secondary N) is 1. The van der Waals surface area contributed by atoms with E-state index in [9.17, 15) is 4.79 Å². The molecule has 0 fully saturated rings. The highest BCUT2D eigenvalue weighted by Gasteiger charge is 2.22. The Morgan fingerprint density at radius 3 is 2.62 bits per heavy atom. The largest absolute Gasteiger partial charge is 0.497 e. The number of fused-ring (bicyclic) bond motifs is 5. The molecular weight excluding hydrogens is 420 g/mol. The van der Waals surface area contributed by atoms with Gasteiger partial charge in [0.1, 0.15) is 11.4 Å². The smallest absolute Gasteiger partial charge is 0.237 e. The minimum absolute atomic E-state index is 0.0710. The van der Waals surface area contributed by atoms with Crippen molar-refractivity contribution < 1.29 is 9.53 Å². The maximum absolute atomic E-state index is 13.1. The Labute approximate surface area is 189 Å². The zero-order valence-electron chi connectivity index (χ0n) is 17.8. The average Bonchev–Trinajstić information content (AvgIpc) is 3.22. The number of carbonyl (C=O) groups is 1. The number of para-hydroxylation sites is 3. The molecule has 2 heterocycles. The van der Waals surface area contributed by atoms with E-state index in [2.05, 4.69) is 9.72 Å². The number of amides is 1. The molecule has 1 amide bonds. The number of ether oxygens (including phenoxy) is 1. The highest BCUT2D eigenvalue weighted by Crippen LogP contribution is 2.32. The van der Waals surface area contributed by atoms with Crippen LogP contribution in [0.25, 0.3) is 27.6 Å². The molecule has 6 nitrogen and oxygen atoms in total. The van der Waals surface area contributed by atoms with Gasteiger partial charge >= 0.3 is 0 Å². The van der Waals surface area contributed by atoms with E-state index in [-0.39, 0.29) is 11.2 Å². The Balaban J connectivity index is 1.56. The van der Waals surface area contributed by atoms with Gasteiger partial charge in [-0.3, -0.25) is 9.20 Å². The van der Waals surface area contributed by atoms with Crippen molar-refractivity contribution in [3.63, 3.8) is 0 Å². The first-order chi connectivity index (χ1) is 15.7. The summed E-state index contributed by atoms with van der Waals surface area (Å²) in [5, 5.41) is 4.43.